The molecule has 0 spiro atoms. The maximum absolute atomic E-state index is 11.9. The minimum atomic E-state index is -0.837. The van der Waals surface area contributed by atoms with Crippen molar-refractivity contribution in [1.82, 2.24) is 0 Å². The van der Waals surface area contributed by atoms with Gasteiger partial charge in [-0.25, -0.2) is 0 Å². The van der Waals surface area contributed by atoms with Crippen LogP contribution in [0.4, 0.5) is 0 Å². The Morgan fingerprint density at radius 3 is 2.47 bits per heavy atom. The van der Waals surface area contributed by atoms with E-state index in [4.69, 9.17) is 21.1 Å². The first-order valence-corrected chi connectivity index (χ1v) is 5.96. The quantitative estimate of drug-likeness (QED) is 0.574. The van der Waals surface area contributed by atoms with Crippen molar-refractivity contribution in [2.45, 2.75) is 20.1 Å². The van der Waals surface area contributed by atoms with Crippen LogP contribution in [0.3, 0.4) is 0 Å². The molecule has 0 aromatic carbocycles. The van der Waals surface area contributed by atoms with Crippen molar-refractivity contribution in [2.24, 2.45) is 0 Å². The Balaban J connectivity index is 2.76. The van der Waals surface area contributed by atoms with E-state index in [1.165, 1.54) is 11.3 Å². The number of hydrogen-bond donors (Lipinski definition) is 0. The summed E-state index contributed by atoms with van der Waals surface area (Å²) in [4.78, 5) is 12.4. The summed E-state index contributed by atoms with van der Waals surface area (Å²) in [6, 6.07) is 1.69. The normalized spacial score (nSPS) is 10.9. The molecule has 0 aliphatic heterocycles. The summed E-state index contributed by atoms with van der Waals surface area (Å²) < 4.78 is 10.4. The molecule has 0 N–H and O–H groups in total. The number of halogens is 1. The number of carbonyl (C=O) groups excluding carboxylic acids is 1. The topological polar surface area (TPSA) is 35.5 Å². The second kappa shape index (κ2) is 6.23. The van der Waals surface area contributed by atoms with Crippen LogP contribution in [0, 0.1) is 0 Å². The van der Waals surface area contributed by atoms with E-state index in [0.29, 0.717) is 23.1 Å². The molecular formula is C10H13ClO3S. The van der Waals surface area contributed by atoms with Gasteiger partial charge in [0, 0.05) is 13.2 Å². The molecule has 1 rings (SSSR count). The number of Topliss-reactive ketones (excluding diaryl/α,β-unsaturated/α-hetero) is 1. The molecule has 0 saturated carbocycles. The third kappa shape index (κ3) is 3.28. The zero-order valence-electron chi connectivity index (χ0n) is 8.66. The van der Waals surface area contributed by atoms with Crippen LogP contribution in [0.15, 0.2) is 11.4 Å². The van der Waals surface area contributed by atoms with Crippen LogP contribution >= 0.6 is 22.9 Å². The van der Waals surface area contributed by atoms with E-state index in [9.17, 15) is 4.79 Å². The second-order valence-electron chi connectivity index (χ2n) is 2.70. The highest BCUT2D eigenvalue weighted by Crippen LogP contribution is 2.24. The highest BCUT2D eigenvalue weighted by molar-refractivity contribution is 7.12. The van der Waals surface area contributed by atoms with Crippen molar-refractivity contribution in [1.29, 1.82) is 0 Å². The van der Waals surface area contributed by atoms with Crippen LogP contribution in [-0.2, 0) is 9.47 Å². The molecule has 0 amide bonds. The zero-order chi connectivity index (χ0) is 11.3. The van der Waals surface area contributed by atoms with Gasteiger partial charge in [-0.3, -0.25) is 4.79 Å². The largest absolute Gasteiger partial charge is 0.346 e. The van der Waals surface area contributed by atoms with Gasteiger partial charge in [-0.05, 0) is 25.3 Å². The fraction of sp³-hybridized carbons (Fsp3) is 0.500. The molecule has 1 aromatic heterocycles. The molecule has 0 saturated heterocycles. The Morgan fingerprint density at radius 2 is 2.07 bits per heavy atom. The van der Waals surface area contributed by atoms with Gasteiger partial charge in [0.25, 0.3) is 0 Å². The van der Waals surface area contributed by atoms with E-state index in [-0.39, 0.29) is 5.78 Å². The lowest BCUT2D eigenvalue weighted by atomic mass is 10.3. The van der Waals surface area contributed by atoms with Gasteiger partial charge in [0.1, 0.15) is 0 Å². The minimum absolute atomic E-state index is 0.210. The molecule has 0 aliphatic rings. The van der Waals surface area contributed by atoms with Crippen LogP contribution in [0.2, 0.25) is 5.02 Å². The molecule has 0 atom stereocenters. The molecule has 5 heteroatoms. The van der Waals surface area contributed by atoms with Gasteiger partial charge < -0.3 is 9.47 Å². The Kier molecular flexibility index (Phi) is 5.25. The Morgan fingerprint density at radius 1 is 1.47 bits per heavy atom. The lowest BCUT2D eigenvalue weighted by molar-refractivity contribution is -0.107. The van der Waals surface area contributed by atoms with Crippen molar-refractivity contribution in [3.63, 3.8) is 0 Å². The molecule has 3 nitrogen and oxygen atoms in total. The van der Waals surface area contributed by atoms with Gasteiger partial charge in [0.05, 0.1) is 9.90 Å². The van der Waals surface area contributed by atoms with Crippen LogP contribution in [0.1, 0.15) is 23.5 Å². The van der Waals surface area contributed by atoms with Crippen molar-refractivity contribution in [3.8, 4) is 0 Å². The van der Waals surface area contributed by atoms with E-state index in [1.54, 1.807) is 11.4 Å². The maximum atomic E-state index is 11.9. The fourth-order valence-corrected chi connectivity index (χ4v) is 2.18. The first-order chi connectivity index (χ1) is 7.20. The van der Waals surface area contributed by atoms with Gasteiger partial charge in [0.2, 0.25) is 12.1 Å². The molecule has 1 heterocycles. The van der Waals surface area contributed by atoms with Crippen molar-refractivity contribution in [2.75, 3.05) is 13.2 Å². The summed E-state index contributed by atoms with van der Waals surface area (Å²) in [6.45, 7) is 4.49. The summed E-state index contributed by atoms with van der Waals surface area (Å²) in [5.41, 5.74) is 0. The molecule has 0 radical (unpaired) electrons. The zero-order valence-corrected chi connectivity index (χ0v) is 10.2. The minimum Gasteiger partial charge on any atom is -0.346 e. The predicted molar refractivity (Wildman–Crippen MR) is 60.7 cm³/mol. The first-order valence-electron chi connectivity index (χ1n) is 4.71. The monoisotopic (exact) mass is 248 g/mol. The van der Waals surface area contributed by atoms with E-state index >= 15 is 0 Å². The number of hydrogen-bond acceptors (Lipinski definition) is 4. The highest BCUT2D eigenvalue weighted by Gasteiger charge is 2.23. The fourth-order valence-electron chi connectivity index (χ4n) is 1.08. The van der Waals surface area contributed by atoms with E-state index in [1.807, 2.05) is 13.8 Å². The predicted octanol–water partition coefficient (Wildman–Crippen LogP) is 2.98. The number of ketones is 1. The molecular weight excluding hydrogens is 236 g/mol. The van der Waals surface area contributed by atoms with E-state index < -0.39 is 6.29 Å². The smallest absolute Gasteiger partial charge is 0.230 e. The van der Waals surface area contributed by atoms with Crippen LogP contribution in [0.25, 0.3) is 0 Å². The average molecular weight is 249 g/mol. The van der Waals surface area contributed by atoms with Gasteiger partial charge in [-0.1, -0.05) is 11.6 Å². The third-order valence-electron chi connectivity index (χ3n) is 1.69. The lowest BCUT2D eigenvalue weighted by Crippen LogP contribution is -2.27. The molecule has 0 bridgehead atoms. The highest BCUT2D eigenvalue weighted by atomic mass is 35.5. The number of thiophene rings is 1. The molecule has 0 unspecified atom stereocenters. The Labute approximate surface area is 98.0 Å². The van der Waals surface area contributed by atoms with Crippen LogP contribution in [0.5, 0.6) is 0 Å². The Bertz CT molecular complexity index is 318. The van der Waals surface area contributed by atoms with Gasteiger partial charge in [-0.2, -0.15) is 0 Å². The van der Waals surface area contributed by atoms with E-state index in [0.717, 1.165) is 0 Å². The first kappa shape index (κ1) is 12.6. The summed E-state index contributed by atoms with van der Waals surface area (Å²) >= 11 is 7.15. The van der Waals surface area contributed by atoms with Crippen molar-refractivity contribution >= 4 is 28.7 Å². The van der Waals surface area contributed by atoms with E-state index in [2.05, 4.69) is 0 Å². The lowest BCUT2D eigenvalue weighted by Gasteiger charge is -2.14. The van der Waals surface area contributed by atoms with Crippen molar-refractivity contribution < 1.29 is 14.3 Å². The number of carbonyl (C=O) groups is 1. The maximum Gasteiger partial charge on any atom is 0.230 e. The third-order valence-corrected chi connectivity index (χ3v) is 3.05. The molecule has 0 aliphatic carbocycles. The number of ether oxygens (including phenoxy) is 2. The molecule has 84 valence electrons. The average Bonchev–Trinajstić information content (AvgIpc) is 2.63. The van der Waals surface area contributed by atoms with Crippen LogP contribution in [-0.4, -0.2) is 25.3 Å². The SMILES string of the molecule is CCOC(OCC)C(=O)c1sccc1Cl. The summed E-state index contributed by atoms with van der Waals surface area (Å²) in [5.74, 6) is -0.210. The Hall–Kier alpha value is -0.420. The summed E-state index contributed by atoms with van der Waals surface area (Å²) in [6.07, 6.45) is -0.837. The van der Waals surface area contributed by atoms with Gasteiger partial charge in [0.15, 0.2) is 0 Å². The van der Waals surface area contributed by atoms with Gasteiger partial charge in [-0.15, -0.1) is 11.3 Å². The second-order valence-corrected chi connectivity index (χ2v) is 4.03. The summed E-state index contributed by atoms with van der Waals surface area (Å²) in [7, 11) is 0. The van der Waals surface area contributed by atoms with Gasteiger partial charge >= 0.3 is 0 Å². The number of rotatable bonds is 6. The standard InChI is InChI=1S/C10H13ClO3S/c1-3-13-10(14-4-2)8(12)9-7(11)5-6-15-9/h5-6,10H,3-4H2,1-2H3. The van der Waals surface area contributed by atoms with Crippen LogP contribution < -0.4 is 0 Å². The molecule has 0 fully saturated rings. The summed E-state index contributed by atoms with van der Waals surface area (Å²) in [5, 5.41) is 2.22. The molecule has 1 aromatic rings. The van der Waals surface area contributed by atoms with Crippen molar-refractivity contribution in [3.05, 3.63) is 21.3 Å². The molecule has 15 heavy (non-hydrogen) atoms.